The lowest BCUT2D eigenvalue weighted by Crippen LogP contribution is -1.95. The van der Waals surface area contributed by atoms with Crippen molar-refractivity contribution in [1.82, 2.24) is 13.7 Å². The van der Waals surface area contributed by atoms with Crippen molar-refractivity contribution in [2.45, 2.75) is 45.4 Å². The number of hydrogen-bond acceptors (Lipinski definition) is 0. The lowest BCUT2D eigenvalue weighted by molar-refractivity contribution is 0.814. The highest BCUT2D eigenvalue weighted by atomic mass is 15.0. The highest BCUT2D eigenvalue weighted by Gasteiger charge is 2.21. The Kier molecular flexibility index (Phi) is 13.2. The first-order chi connectivity index (χ1) is 43.4. The molecule has 3 heteroatoms. The van der Waals surface area contributed by atoms with Crippen molar-refractivity contribution >= 4 is 87.0 Å². The summed E-state index contributed by atoms with van der Waals surface area (Å²) in [6, 6.07) is 102. The molecule has 0 spiro atoms. The molecule has 0 radical (unpaired) electrons. The lowest BCUT2D eigenvalue weighted by Gasteiger charge is -2.18. The van der Waals surface area contributed by atoms with Gasteiger partial charge in [0.15, 0.2) is 0 Å². The number of unbranched alkanes of at least 4 members (excludes halogenated alkanes) is 1. The quantitative estimate of drug-likeness (QED) is 0.0552. The average molecular weight is 1130 g/mol. The molecule has 0 unspecified atom stereocenters. The molecule has 0 amide bonds. The van der Waals surface area contributed by atoms with Crippen LogP contribution < -0.4 is 0 Å². The average Bonchev–Trinajstić information content (AvgIpc) is 1.62. The summed E-state index contributed by atoms with van der Waals surface area (Å²) < 4.78 is 7.33. The second-order valence-electron chi connectivity index (χ2n) is 24.0. The number of nitrogens with zero attached hydrogens (tertiary/aromatic N) is 3. The second kappa shape index (κ2) is 22.0. The topological polar surface area (TPSA) is 14.8 Å². The Balaban J connectivity index is 0.838. The van der Waals surface area contributed by atoms with E-state index >= 15 is 0 Å². The van der Waals surface area contributed by atoms with Gasteiger partial charge in [0.25, 0.3) is 0 Å². The monoisotopic (exact) mass is 1130 g/mol. The second-order valence-corrected chi connectivity index (χ2v) is 24.0. The highest BCUT2D eigenvalue weighted by Crippen LogP contribution is 2.46. The Morgan fingerprint density at radius 2 is 0.614 bits per heavy atom. The molecule has 88 heavy (non-hydrogen) atoms. The summed E-state index contributed by atoms with van der Waals surface area (Å²) in [6.45, 7) is 10.2. The summed E-state index contributed by atoms with van der Waals surface area (Å²) in [6.07, 6.45) is 8.43. The molecule has 13 aromatic carbocycles. The minimum absolute atomic E-state index is 1.03. The van der Waals surface area contributed by atoms with E-state index in [4.69, 9.17) is 0 Å². The predicted octanol–water partition coefficient (Wildman–Crippen LogP) is 23.4. The number of benzene rings is 13. The minimum Gasteiger partial charge on any atom is -0.309 e. The van der Waals surface area contributed by atoms with E-state index in [1.54, 1.807) is 0 Å². The zero-order chi connectivity index (χ0) is 58.8. The van der Waals surface area contributed by atoms with Crippen LogP contribution >= 0.6 is 0 Å². The van der Waals surface area contributed by atoms with Gasteiger partial charge in [0.1, 0.15) is 0 Å². The molecule has 0 fully saturated rings. The Hall–Kier alpha value is -10.7. The van der Waals surface area contributed by atoms with Crippen LogP contribution in [-0.2, 0) is 12.8 Å². The number of para-hydroxylation sites is 2. The van der Waals surface area contributed by atoms with Crippen LogP contribution in [0.25, 0.3) is 149 Å². The zero-order valence-electron chi connectivity index (χ0n) is 49.6. The maximum atomic E-state index is 4.12. The Morgan fingerprint density at radius 1 is 0.307 bits per heavy atom. The fourth-order valence-electron chi connectivity index (χ4n) is 14.3. The predicted molar refractivity (Wildman–Crippen MR) is 377 cm³/mol. The summed E-state index contributed by atoms with van der Waals surface area (Å²) in [7, 11) is 0. The van der Waals surface area contributed by atoms with E-state index in [1.165, 1.54) is 149 Å². The van der Waals surface area contributed by atoms with Crippen molar-refractivity contribution in [2.24, 2.45) is 0 Å². The molecule has 0 aliphatic rings. The van der Waals surface area contributed by atoms with Gasteiger partial charge in [0.2, 0.25) is 0 Å². The van der Waals surface area contributed by atoms with Crippen LogP contribution in [0.4, 0.5) is 0 Å². The molecule has 3 heterocycles. The molecular weight excluding hydrogens is 1060 g/mol. The van der Waals surface area contributed by atoms with Crippen LogP contribution in [0.2, 0.25) is 0 Å². The zero-order valence-corrected chi connectivity index (χ0v) is 49.6. The van der Waals surface area contributed by atoms with Gasteiger partial charge in [-0.05, 0) is 220 Å². The number of allylic oxidation sites excluding steroid dienone is 2. The Morgan fingerprint density at radius 3 is 1.00 bits per heavy atom. The number of aryl methyl sites for hydroxylation is 2. The molecule has 0 saturated carbocycles. The van der Waals surface area contributed by atoms with Crippen LogP contribution in [0.1, 0.15) is 43.7 Å². The maximum absolute atomic E-state index is 4.12. The smallest absolute Gasteiger partial charge is 0.0541 e. The van der Waals surface area contributed by atoms with Gasteiger partial charge in [-0.15, -0.1) is 13.2 Å². The van der Waals surface area contributed by atoms with Crippen molar-refractivity contribution in [1.29, 1.82) is 0 Å². The van der Waals surface area contributed by atoms with Crippen LogP contribution in [0, 0.1) is 0 Å². The first kappa shape index (κ1) is 52.8. The maximum Gasteiger partial charge on any atom is 0.0541 e. The highest BCUT2D eigenvalue weighted by molar-refractivity contribution is 6.22. The van der Waals surface area contributed by atoms with Gasteiger partial charge in [-0.1, -0.05) is 188 Å². The van der Waals surface area contributed by atoms with Crippen molar-refractivity contribution in [3.63, 3.8) is 0 Å². The van der Waals surface area contributed by atoms with Crippen LogP contribution in [0.3, 0.4) is 0 Å². The molecule has 0 N–H and O–H groups in total. The van der Waals surface area contributed by atoms with E-state index in [2.05, 4.69) is 307 Å². The molecule has 0 saturated heterocycles. The molecule has 0 aliphatic heterocycles. The first-order valence-electron chi connectivity index (χ1n) is 31.1. The molecule has 3 nitrogen and oxygen atoms in total. The van der Waals surface area contributed by atoms with E-state index in [0.717, 1.165) is 55.2 Å². The molecule has 0 atom stereocenters. The first-order valence-corrected chi connectivity index (χ1v) is 31.1. The molecule has 16 rings (SSSR count). The van der Waals surface area contributed by atoms with E-state index in [9.17, 15) is 0 Å². The van der Waals surface area contributed by atoms with E-state index in [1.807, 2.05) is 6.08 Å². The Bertz CT molecular complexity index is 5340. The summed E-state index contributed by atoms with van der Waals surface area (Å²) in [5, 5.41) is 12.4. The fourth-order valence-corrected chi connectivity index (χ4v) is 14.3. The van der Waals surface area contributed by atoms with Crippen molar-refractivity contribution in [2.75, 3.05) is 0 Å². The number of hydrogen-bond donors (Lipinski definition) is 0. The van der Waals surface area contributed by atoms with Gasteiger partial charge >= 0.3 is 0 Å². The van der Waals surface area contributed by atoms with Crippen LogP contribution in [0.5, 0.6) is 0 Å². The minimum atomic E-state index is 1.03. The Labute approximate surface area is 513 Å². The van der Waals surface area contributed by atoms with Gasteiger partial charge in [-0.3, -0.25) is 0 Å². The van der Waals surface area contributed by atoms with Crippen molar-refractivity contribution in [3.05, 3.63) is 309 Å². The summed E-state index contributed by atoms with van der Waals surface area (Å²) in [4.78, 5) is 0. The molecule has 0 aliphatic carbocycles. The van der Waals surface area contributed by atoms with Crippen molar-refractivity contribution < 1.29 is 0 Å². The molecule has 420 valence electrons. The largest absolute Gasteiger partial charge is 0.309 e. The summed E-state index contributed by atoms with van der Waals surface area (Å²) >= 11 is 0. The van der Waals surface area contributed by atoms with Gasteiger partial charge in [0.05, 0.1) is 33.1 Å². The standard InChI is InChI=1S/C85H65N3/c1-4-5-7-20-57-32-42-65(43-33-57)86-78-30-16-14-24-68(78)74-52-61(38-48-80(74)86)63-40-50-82-76(54-63)77-55-64(62-39-49-81-75(53-62)69-25-15-17-31-79(69)87(81)66-44-34-58(35-45-66)21-18-19-56(2)3)41-51-83(77)88(82)67-46-36-60(37-47-67)85-72-28-12-10-26-70(72)84(59-22-8-6-9-23-59)71-27-11-13-29-73(71)85/h4,6,8-17,22-55H,1-2,5,7,18-21H2,3H3. The van der Waals surface area contributed by atoms with E-state index in [0.29, 0.717) is 0 Å². The summed E-state index contributed by atoms with van der Waals surface area (Å²) in [5.41, 5.74) is 24.3. The van der Waals surface area contributed by atoms with Crippen molar-refractivity contribution in [3.8, 4) is 61.6 Å². The fraction of sp³-hybridized carbons (Fsp3) is 0.0824. The van der Waals surface area contributed by atoms with E-state index < -0.39 is 0 Å². The van der Waals surface area contributed by atoms with Gasteiger partial charge < -0.3 is 13.7 Å². The normalized spacial score (nSPS) is 11.8. The number of rotatable bonds is 15. The summed E-state index contributed by atoms with van der Waals surface area (Å²) in [5.74, 6) is 0. The van der Waals surface area contributed by atoms with Crippen LogP contribution in [-0.4, -0.2) is 13.7 Å². The third-order valence-electron chi connectivity index (χ3n) is 18.5. The lowest BCUT2D eigenvalue weighted by atomic mass is 9.86. The number of aromatic nitrogens is 3. The SMILES string of the molecule is C=CCCCc1ccc(-n2c3ccccc3c3cc(-c4ccc5c(c4)c4cc(-c6ccc7c(c6)c6ccccc6n7-c6ccc(CCCC(=C)C)cc6)ccc4n5-c4ccc(-c5c6ccccc6c(-c6ccccc6)c6ccccc56)cc4)ccc32)cc1. The van der Waals surface area contributed by atoms with Gasteiger partial charge in [-0.25, -0.2) is 0 Å². The third-order valence-corrected chi connectivity index (χ3v) is 18.5. The van der Waals surface area contributed by atoms with Gasteiger partial charge in [-0.2, -0.15) is 0 Å². The van der Waals surface area contributed by atoms with Gasteiger partial charge in [0, 0.05) is 49.4 Å². The molecular formula is C85H65N3. The number of fused-ring (bicyclic) bond motifs is 11. The van der Waals surface area contributed by atoms with Crippen LogP contribution in [0.15, 0.2) is 298 Å². The molecule has 16 aromatic rings. The molecule has 3 aromatic heterocycles. The van der Waals surface area contributed by atoms with E-state index in [-0.39, 0.29) is 0 Å². The third kappa shape index (κ3) is 9.04. The molecule has 0 bridgehead atoms.